The Morgan fingerprint density at radius 2 is 1.84 bits per heavy atom. The highest BCUT2D eigenvalue weighted by molar-refractivity contribution is 5.92. The summed E-state index contributed by atoms with van der Waals surface area (Å²) in [7, 11) is 0. The summed E-state index contributed by atoms with van der Waals surface area (Å²) in [5.74, 6) is -1.46. The van der Waals surface area contributed by atoms with E-state index in [0.29, 0.717) is 6.07 Å². The molecule has 3 nitrogen and oxygen atoms in total. The van der Waals surface area contributed by atoms with Crippen LogP contribution < -0.4 is 0 Å². The first-order valence-electron chi connectivity index (χ1n) is 5.37. The molecule has 19 heavy (non-hydrogen) atoms. The summed E-state index contributed by atoms with van der Waals surface area (Å²) in [6.07, 6.45) is -2.01. The first kappa shape index (κ1) is 15.2. The number of carbonyl (C=O) groups is 1. The van der Waals surface area contributed by atoms with Crippen molar-refractivity contribution >= 4 is 12.0 Å². The van der Waals surface area contributed by atoms with Gasteiger partial charge in [-0.15, -0.1) is 0 Å². The highest BCUT2D eigenvalue weighted by atomic mass is 19.4. The lowest BCUT2D eigenvalue weighted by Gasteiger charge is -2.12. The predicted molar refractivity (Wildman–Crippen MR) is 63.7 cm³/mol. The molecular weight excluding hydrogens is 261 g/mol. The topological polar surface area (TPSA) is 57.5 Å². The second kappa shape index (κ2) is 5.05. The van der Waals surface area contributed by atoms with Crippen LogP contribution in [0, 0.1) is 0 Å². The van der Waals surface area contributed by atoms with E-state index in [9.17, 15) is 23.1 Å². The van der Waals surface area contributed by atoms with Crippen molar-refractivity contribution in [3.63, 3.8) is 0 Å². The molecule has 2 N–H and O–H groups in total. The zero-order chi connectivity index (χ0) is 14.8. The fourth-order valence-corrected chi connectivity index (χ4v) is 1.36. The number of halogens is 3. The zero-order valence-corrected chi connectivity index (χ0v) is 10.3. The molecule has 0 spiro atoms. The third kappa shape index (κ3) is 4.40. The Bertz CT molecular complexity index is 511. The Morgan fingerprint density at radius 3 is 2.26 bits per heavy atom. The molecule has 104 valence electrons. The summed E-state index contributed by atoms with van der Waals surface area (Å²) in [6, 6.07) is 2.44. The Kier molecular flexibility index (Phi) is 4.05. The largest absolute Gasteiger partial charge is 0.478 e. The first-order chi connectivity index (χ1) is 8.50. The van der Waals surface area contributed by atoms with Crippen molar-refractivity contribution in [2.24, 2.45) is 0 Å². The summed E-state index contributed by atoms with van der Waals surface area (Å²) >= 11 is 0. The highest BCUT2D eigenvalue weighted by Crippen LogP contribution is 2.31. The second-order valence-electron chi connectivity index (χ2n) is 4.59. The van der Waals surface area contributed by atoms with E-state index in [2.05, 4.69) is 0 Å². The van der Waals surface area contributed by atoms with Gasteiger partial charge in [-0.1, -0.05) is 18.2 Å². The number of carboxylic acid groups (broad SMARTS) is 1. The lowest BCUT2D eigenvalue weighted by atomic mass is 10.0. The van der Waals surface area contributed by atoms with Crippen molar-refractivity contribution in [3.05, 3.63) is 41.0 Å². The van der Waals surface area contributed by atoms with Crippen molar-refractivity contribution in [1.29, 1.82) is 0 Å². The molecule has 0 atom stereocenters. The van der Waals surface area contributed by atoms with Gasteiger partial charge in [0.15, 0.2) is 0 Å². The molecule has 6 heteroatoms. The Morgan fingerprint density at radius 1 is 1.26 bits per heavy atom. The summed E-state index contributed by atoms with van der Waals surface area (Å²) in [5.41, 5.74) is -2.57. The van der Waals surface area contributed by atoms with E-state index in [1.165, 1.54) is 26.0 Å². The van der Waals surface area contributed by atoms with Crippen LogP contribution >= 0.6 is 0 Å². The number of rotatable bonds is 3. The average molecular weight is 274 g/mol. The lowest BCUT2D eigenvalue weighted by molar-refractivity contribution is -0.137. The standard InChI is InChI=1S/C13H13F3O3/c1-12(2,19)6-5-8-3-4-9(13(14,15)16)7-10(8)11(17)18/h3-7,19H,1-2H3,(H,17,18)/b6-5+. The van der Waals surface area contributed by atoms with Crippen LogP contribution in [0.2, 0.25) is 0 Å². The third-order valence-corrected chi connectivity index (χ3v) is 2.28. The highest BCUT2D eigenvalue weighted by Gasteiger charge is 2.31. The lowest BCUT2D eigenvalue weighted by Crippen LogP contribution is -2.14. The third-order valence-electron chi connectivity index (χ3n) is 2.28. The fourth-order valence-electron chi connectivity index (χ4n) is 1.36. The van der Waals surface area contributed by atoms with Gasteiger partial charge in [-0.2, -0.15) is 13.2 Å². The van der Waals surface area contributed by atoms with E-state index in [4.69, 9.17) is 5.11 Å². The molecule has 0 radical (unpaired) electrons. The molecule has 0 aromatic heterocycles. The van der Waals surface area contributed by atoms with Crippen molar-refractivity contribution < 1.29 is 28.2 Å². The molecule has 0 saturated heterocycles. The number of hydrogen-bond acceptors (Lipinski definition) is 2. The molecule has 1 aromatic carbocycles. The Balaban J connectivity index is 3.28. The minimum absolute atomic E-state index is 0.0997. The maximum atomic E-state index is 12.5. The second-order valence-corrected chi connectivity index (χ2v) is 4.59. The number of aliphatic hydroxyl groups is 1. The van der Waals surface area contributed by atoms with Crippen molar-refractivity contribution in [2.45, 2.75) is 25.6 Å². The SMILES string of the molecule is CC(C)(O)/C=C/c1ccc(C(F)(F)F)cc1C(=O)O. The van der Waals surface area contributed by atoms with E-state index in [1.54, 1.807) is 0 Å². The molecule has 0 saturated carbocycles. The van der Waals surface area contributed by atoms with Gasteiger partial charge in [-0.3, -0.25) is 0 Å². The maximum absolute atomic E-state index is 12.5. The van der Waals surface area contributed by atoms with E-state index < -0.39 is 28.9 Å². The summed E-state index contributed by atoms with van der Waals surface area (Å²) in [5, 5.41) is 18.4. The molecule has 0 aliphatic carbocycles. The van der Waals surface area contributed by atoms with Gasteiger partial charge in [0.05, 0.1) is 16.7 Å². The fraction of sp³-hybridized carbons (Fsp3) is 0.308. The van der Waals surface area contributed by atoms with Gasteiger partial charge in [0.25, 0.3) is 0 Å². The number of carboxylic acids is 1. The van der Waals surface area contributed by atoms with Gasteiger partial charge in [0, 0.05) is 0 Å². The first-order valence-corrected chi connectivity index (χ1v) is 5.37. The maximum Gasteiger partial charge on any atom is 0.416 e. The molecule has 0 aliphatic heterocycles. The summed E-state index contributed by atoms with van der Waals surface area (Å²) < 4.78 is 37.5. The van der Waals surface area contributed by atoms with Crippen LogP contribution in [-0.2, 0) is 6.18 Å². The van der Waals surface area contributed by atoms with Crippen molar-refractivity contribution in [1.82, 2.24) is 0 Å². The van der Waals surface area contributed by atoms with E-state index >= 15 is 0 Å². The van der Waals surface area contributed by atoms with Gasteiger partial charge in [-0.05, 0) is 31.5 Å². The zero-order valence-electron chi connectivity index (χ0n) is 10.3. The van der Waals surface area contributed by atoms with Crippen LogP contribution in [-0.4, -0.2) is 21.8 Å². The van der Waals surface area contributed by atoms with Crippen LogP contribution in [0.1, 0.15) is 35.3 Å². The van der Waals surface area contributed by atoms with Crippen LogP contribution in [0.5, 0.6) is 0 Å². The number of hydrogen-bond donors (Lipinski definition) is 2. The summed E-state index contributed by atoms with van der Waals surface area (Å²) in [4.78, 5) is 11.0. The summed E-state index contributed by atoms with van der Waals surface area (Å²) in [6.45, 7) is 2.93. The minimum Gasteiger partial charge on any atom is -0.478 e. The molecule has 0 amide bonds. The van der Waals surface area contributed by atoms with Gasteiger partial charge in [0.2, 0.25) is 0 Å². The molecular formula is C13H13F3O3. The van der Waals surface area contributed by atoms with Crippen molar-refractivity contribution in [2.75, 3.05) is 0 Å². The number of benzene rings is 1. The Hall–Kier alpha value is -1.82. The molecule has 1 rings (SSSR count). The smallest absolute Gasteiger partial charge is 0.416 e. The quantitative estimate of drug-likeness (QED) is 0.890. The monoisotopic (exact) mass is 274 g/mol. The minimum atomic E-state index is -4.59. The molecule has 0 heterocycles. The molecule has 0 aliphatic rings. The molecule has 0 unspecified atom stereocenters. The number of aromatic carboxylic acids is 1. The predicted octanol–water partition coefficient (Wildman–Crippen LogP) is 3.19. The molecule has 1 aromatic rings. The van der Waals surface area contributed by atoms with Crippen molar-refractivity contribution in [3.8, 4) is 0 Å². The van der Waals surface area contributed by atoms with Crippen LogP contribution in [0.25, 0.3) is 6.08 Å². The normalized spacial score (nSPS) is 12.9. The number of alkyl halides is 3. The van der Waals surface area contributed by atoms with Gasteiger partial charge < -0.3 is 10.2 Å². The van der Waals surface area contributed by atoms with Crippen LogP contribution in [0.15, 0.2) is 24.3 Å². The average Bonchev–Trinajstić information content (AvgIpc) is 2.23. The van der Waals surface area contributed by atoms with E-state index in [1.807, 2.05) is 0 Å². The van der Waals surface area contributed by atoms with Crippen LogP contribution in [0.3, 0.4) is 0 Å². The van der Waals surface area contributed by atoms with E-state index in [-0.39, 0.29) is 5.56 Å². The van der Waals surface area contributed by atoms with Gasteiger partial charge in [-0.25, -0.2) is 4.79 Å². The van der Waals surface area contributed by atoms with E-state index in [0.717, 1.165) is 12.1 Å². The van der Waals surface area contributed by atoms with Gasteiger partial charge in [0.1, 0.15) is 0 Å². The van der Waals surface area contributed by atoms with Gasteiger partial charge >= 0.3 is 12.1 Å². The van der Waals surface area contributed by atoms with Crippen LogP contribution in [0.4, 0.5) is 13.2 Å². The Labute approximate surface area is 108 Å². The molecule has 0 bridgehead atoms. The molecule has 0 fully saturated rings.